The average Bonchev–Trinajstić information content (AvgIpc) is 2.17. The summed E-state index contributed by atoms with van der Waals surface area (Å²) in [5.74, 6) is -0.568. The van der Waals surface area contributed by atoms with Gasteiger partial charge in [0.25, 0.3) is 0 Å². The van der Waals surface area contributed by atoms with Crippen molar-refractivity contribution in [3.63, 3.8) is 0 Å². The molecule has 0 heterocycles. The van der Waals surface area contributed by atoms with E-state index < -0.39 is 21.5 Å². The van der Waals surface area contributed by atoms with E-state index in [2.05, 4.69) is 4.72 Å². The molecule has 1 rings (SSSR count). The zero-order valence-electron chi connectivity index (χ0n) is 11.2. The van der Waals surface area contributed by atoms with Gasteiger partial charge in [0, 0.05) is 17.6 Å². The lowest BCUT2D eigenvalue weighted by atomic mass is 10.0. The molecule has 106 valence electrons. The van der Waals surface area contributed by atoms with Gasteiger partial charge in [-0.2, -0.15) is 0 Å². The minimum Gasteiger partial charge on any atom is -0.399 e. The van der Waals surface area contributed by atoms with Gasteiger partial charge in [0.1, 0.15) is 0 Å². The summed E-state index contributed by atoms with van der Waals surface area (Å²) >= 11 is 0. The van der Waals surface area contributed by atoms with Gasteiger partial charge in [-0.05, 0) is 44.5 Å². The second kappa shape index (κ2) is 5.18. The third-order valence-electron chi connectivity index (χ3n) is 2.58. The largest absolute Gasteiger partial charge is 0.399 e. The van der Waals surface area contributed by atoms with Crippen molar-refractivity contribution < 1.29 is 13.2 Å². The standard InChI is InChI=1S/C12H19N3O3S/c1-8-6-9(4-5-10(8)13)19(17,18)15-12(2,3)7-11(14)16/h4-6,15H,7,13H2,1-3H3,(H2,14,16). The quantitative estimate of drug-likeness (QED) is 0.683. The third kappa shape index (κ3) is 4.22. The third-order valence-corrected chi connectivity index (χ3v) is 4.27. The Balaban J connectivity index is 3.04. The highest BCUT2D eigenvalue weighted by atomic mass is 32.2. The molecule has 19 heavy (non-hydrogen) atoms. The van der Waals surface area contributed by atoms with Crippen LogP contribution in [0.4, 0.5) is 5.69 Å². The number of aryl methyl sites for hydroxylation is 1. The van der Waals surface area contributed by atoms with Gasteiger partial charge in [-0.15, -0.1) is 0 Å². The molecule has 0 atom stereocenters. The first-order chi connectivity index (χ1) is 8.53. The maximum Gasteiger partial charge on any atom is 0.241 e. The van der Waals surface area contributed by atoms with E-state index in [4.69, 9.17) is 11.5 Å². The number of nitrogens with two attached hydrogens (primary N) is 2. The molecule has 6 nitrogen and oxygen atoms in total. The molecule has 0 spiro atoms. The fourth-order valence-electron chi connectivity index (χ4n) is 1.71. The fraction of sp³-hybridized carbons (Fsp3) is 0.417. The highest BCUT2D eigenvalue weighted by molar-refractivity contribution is 7.89. The number of primary amides is 1. The topological polar surface area (TPSA) is 115 Å². The first-order valence-electron chi connectivity index (χ1n) is 5.72. The van der Waals surface area contributed by atoms with Gasteiger partial charge in [0.2, 0.25) is 15.9 Å². The number of carbonyl (C=O) groups excluding carboxylic acids is 1. The Morgan fingerprint density at radius 3 is 2.42 bits per heavy atom. The molecule has 0 radical (unpaired) electrons. The number of benzene rings is 1. The molecule has 5 N–H and O–H groups in total. The lowest BCUT2D eigenvalue weighted by molar-refractivity contribution is -0.119. The van der Waals surface area contributed by atoms with Crippen LogP contribution in [0.3, 0.4) is 0 Å². The highest BCUT2D eigenvalue weighted by Crippen LogP contribution is 2.19. The molecule has 0 aliphatic carbocycles. The number of rotatable bonds is 5. The molecule has 0 bridgehead atoms. The molecular weight excluding hydrogens is 266 g/mol. The molecule has 1 aromatic rings. The number of nitrogen functional groups attached to an aromatic ring is 1. The zero-order chi connectivity index (χ0) is 14.8. The summed E-state index contributed by atoms with van der Waals surface area (Å²) in [6, 6.07) is 4.44. The van der Waals surface area contributed by atoms with Crippen LogP contribution in [-0.4, -0.2) is 19.9 Å². The van der Waals surface area contributed by atoms with E-state index in [1.165, 1.54) is 18.2 Å². The van der Waals surface area contributed by atoms with Crippen molar-refractivity contribution in [3.8, 4) is 0 Å². The Bertz CT molecular complexity index is 594. The number of anilines is 1. The van der Waals surface area contributed by atoms with E-state index in [1.807, 2.05) is 0 Å². The second-order valence-corrected chi connectivity index (χ2v) is 6.83. The van der Waals surface area contributed by atoms with Crippen LogP contribution in [0.5, 0.6) is 0 Å². The molecule has 0 aliphatic heterocycles. The van der Waals surface area contributed by atoms with E-state index in [0.717, 1.165) is 0 Å². The van der Waals surface area contributed by atoms with Crippen LogP contribution in [0.1, 0.15) is 25.8 Å². The summed E-state index contributed by atoms with van der Waals surface area (Å²) in [5, 5.41) is 0. The Morgan fingerprint density at radius 1 is 1.37 bits per heavy atom. The predicted octanol–water partition coefficient (Wildman–Crippen LogP) is 0.510. The molecule has 0 saturated heterocycles. The minimum absolute atomic E-state index is 0.0832. The second-order valence-electron chi connectivity index (χ2n) is 5.15. The molecule has 0 saturated carbocycles. The average molecular weight is 285 g/mol. The van der Waals surface area contributed by atoms with Gasteiger partial charge >= 0.3 is 0 Å². The fourth-order valence-corrected chi connectivity index (χ4v) is 3.21. The van der Waals surface area contributed by atoms with Crippen molar-refractivity contribution in [2.45, 2.75) is 37.6 Å². The van der Waals surface area contributed by atoms with Crippen LogP contribution in [0.2, 0.25) is 0 Å². The number of sulfonamides is 1. The van der Waals surface area contributed by atoms with Crippen LogP contribution in [0.15, 0.2) is 23.1 Å². The van der Waals surface area contributed by atoms with E-state index >= 15 is 0 Å². The Labute approximate surface area is 113 Å². The van der Waals surface area contributed by atoms with E-state index in [-0.39, 0.29) is 11.3 Å². The van der Waals surface area contributed by atoms with E-state index in [1.54, 1.807) is 20.8 Å². The molecule has 1 amide bonds. The van der Waals surface area contributed by atoms with Gasteiger partial charge < -0.3 is 11.5 Å². The van der Waals surface area contributed by atoms with Crippen molar-refractivity contribution in [2.75, 3.05) is 5.73 Å². The number of amides is 1. The van der Waals surface area contributed by atoms with Crippen LogP contribution in [-0.2, 0) is 14.8 Å². The van der Waals surface area contributed by atoms with Gasteiger partial charge in [0.15, 0.2) is 0 Å². The lowest BCUT2D eigenvalue weighted by Crippen LogP contribution is -2.45. The van der Waals surface area contributed by atoms with Crippen LogP contribution >= 0.6 is 0 Å². The predicted molar refractivity (Wildman–Crippen MR) is 73.8 cm³/mol. The SMILES string of the molecule is Cc1cc(S(=O)(=O)NC(C)(C)CC(N)=O)ccc1N. The first-order valence-corrected chi connectivity index (χ1v) is 7.20. The summed E-state index contributed by atoms with van der Waals surface area (Å²) in [6.07, 6.45) is -0.0832. The molecule has 1 aromatic carbocycles. The Morgan fingerprint density at radius 2 is 1.95 bits per heavy atom. The Hall–Kier alpha value is -1.60. The highest BCUT2D eigenvalue weighted by Gasteiger charge is 2.28. The summed E-state index contributed by atoms with van der Waals surface area (Å²) < 4.78 is 26.8. The van der Waals surface area contributed by atoms with Gasteiger partial charge in [0.05, 0.1) is 4.90 Å². The normalized spacial score (nSPS) is 12.4. The summed E-state index contributed by atoms with van der Waals surface area (Å²) in [4.78, 5) is 11.0. The summed E-state index contributed by atoms with van der Waals surface area (Å²) in [6.45, 7) is 4.92. The van der Waals surface area contributed by atoms with Crippen molar-refractivity contribution in [2.24, 2.45) is 5.73 Å². The molecule has 0 fully saturated rings. The van der Waals surface area contributed by atoms with Gasteiger partial charge in [-0.3, -0.25) is 4.79 Å². The van der Waals surface area contributed by atoms with Crippen molar-refractivity contribution in [1.29, 1.82) is 0 Å². The van der Waals surface area contributed by atoms with Crippen molar-refractivity contribution >= 4 is 21.6 Å². The zero-order valence-corrected chi connectivity index (χ0v) is 12.0. The van der Waals surface area contributed by atoms with Crippen LogP contribution < -0.4 is 16.2 Å². The number of hydrogen-bond acceptors (Lipinski definition) is 4. The summed E-state index contributed by atoms with van der Waals surface area (Å²) in [5.41, 5.74) is 11.0. The van der Waals surface area contributed by atoms with E-state index in [9.17, 15) is 13.2 Å². The van der Waals surface area contributed by atoms with Gasteiger partial charge in [-0.25, -0.2) is 13.1 Å². The van der Waals surface area contributed by atoms with Crippen LogP contribution in [0, 0.1) is 6.92 Å². The molecule has 7 heteroatoms. The Kier molecular flexibility index (Phi) is 4.21. The van der Waals surface area contributed by atoms with Gasteiger partial charge in [-0.1, -0.05) is 0 Å². The molecule has 0 aliphatic rings. The maximum atomic E-state index is 12.2. The monoisotopic (exact) mass is 285 g/mol. The number of nitrogens with one attached hydrogen (secondary N) is 1. The first kappa shape index (κ1) is 15.5. The van der Waals surface area contributed by atoms with Crippen molar-refractivity contribution in [3.05, 3.63) is 23.8 Å². The molecule has 0 unspecified atom stereocenters. The van der Waals surface area contributed by atoms with E-state index in [0.29, 0.717) is 11.3 Å². The van der Waals surface area contributed by atoms with Crippen molar-refractivity contribution in [1.82, 2.24) is 4.72 Å². The molecular formula is C12H19N3O3S. The number of carbonyl (C=O) groups is 1. The number of hydrogen-bond donors (Lipinski definition) is 3. The minimum atomic E-state index is -3.72. The summed E-state index contributed by atoms with van der Waals surface area (Å²) in [7, 11) is -3.72. The van der Waals surface area contributed by atoms with Crippen LogP contribution in [0.25, 0.3) is 0 Å². The maximum absolute atomic E-state index is 12.2. The molecule has 0 aromatic heterocycles. The smallest absolute Gasteiger partial charge is 0.241 e. The lowest BCUT2D eigenvalue weighted by Gasteiger charge is -2.24.